The van der Waals surface area contributed by atoms with Gasteiger partial charge in [-0.15, -0.1) is 0 Å². The number of pyridine rings is 1. The standard InChI is InChI=1S/C25H20Cl2N2O/c1-15-7-9-17(10-8-15)14-28-25(30)23-16(2)24(19-12-11-18(26)13-21(19)27)29-22-6-4-3-5-20(22)23/h3-13H,14H2,1-2H3,(H,28,30). The number of amides is 1. The maximum atomic E-state index is 13.2. The summed E-state index contributed by atoms with van der Waals surface area (Å²) in [6, 6.07) is 21.1. The van der Waals surface area contributed by atoms with Gasteiger partial charge in [0.25, 0.3) is 5.91 Å². The Labute approximate surface area is 185 Å². The van der Waals surface area contributed by atoms with Crippen molar-refractivity contribution >= 4 is 40.0 Å². The van der Waals surface area contributed by atoms with E-state index in [-0.39, 0.29) is 5.91 Å². The van der Waals surface area contributed by atoms with Crippen molar-refractivity contribution in [2.75, 3.05) is 0 Å². The highest BCUT2D eigenvalue weighted by Gasteiger charge is 2.20. The Hall–Kier alpha value is -2.88. The topological polar surface area (TPSA) is 42.0 Å². The van der Waals surface area contributed by atoms with E-state index in [1.54, 1.807) is 12.1 Å². The molecule has 4 rings (SSSR count). The second-order valence-electron chi connectivity index (χ2n) is 7.27. The molecule has 1 aromatic heterocycles. The Bertz CT molecular complexity index is 1250. The zero-order valence-electron chi connectivity index (χ0n) is 16.7. The zero-order chi connectivity index (χ0) is 21.3. The smallest absolute Gasteiger partial charge is 0.252 e. The lowest BCUT2D eigenvalue weighted by atomic mass is 9.97. The molecule has 0 aliphatic rings. The SMILES string of the molecule is Cc1ccc(CNC(=O)c2c(C)c(-c3ccc(Cl)cc3Cl)nc3ccccc23)cc1. The summed E-state index contributed by atoms with van der Waals surface area (Å²) in [5.74, 6) is -0.141. The average molecular weight is 435 g/mol. The summed E-state index contributed by atoms with van der Waals surface area (Å²) in [4.78, 5) is 18.0. The zero-order valence-corrected chi connectivity index (χ0v) is 18.2. The van der Waals surface area contributed by atoms with Crippen LogP contribution in [0.1, 0.15) is 27.0 Å². The van der Waals surface area contributed by atoms with Crippen LogP contribution in [-0.2, 0) is 6.54 Å². The largest absolute Gasteiger partial charge is 0.348 e. The summed E-state index contributed by atoms with van der Waals surface area (Å²) >= 11 is 12.5. The number of carbonyl (C=O) groups excluding carboxylic acids is 1. The summed E-state index contributed by atoms with van der Waals surface area (Å²) in [5.41, 5.74) is 5.78. The molecular weight excluding hydrogens is 415 g/mol. The Kier molecular flexibility index (Phi) is 5.76. The van der Waals surface area contributed by atoms with Crippen LogP contribution in [0, 0.1) is 13.8 Å². The summed E-state index contributed by atoms with van der Waals surface area (Å²) in [5, 5.41) is 4.91. The quantitative estimate of drug-likeness (QED) is 0.385. The molecule has 3 aromatic carbocycles. The predicted octanol–water partition coefficient (Wildman–Crippen LogP) is 6.76. The molecule has 4 aromatic rings. The van der Waals surface area contributed by atoms with Crippen LogP contribution in [0.3, 0.4) is 0 Å². The summed E-state index contributed by atoms with van der Waals surface area (Å²) in [6.07, 6.45) is 0. The first-order chi connectivity index (χ1) is 14.4. The van der Waals surface area contributed by atoms with Crippen molar-refractivity contribution in [1.82, 2.24) is 10.3 Å². The third-order valence-corrected chi connectivity index (χ3v) is 5.67. The van der Waals surface area contributed by atoms with Gasteiger partial charge in [0.2, 0.25) is 0 Å². The third kappa shape index (κ3) is 4.04. The van der Waals surface area contributed by atoms with Gasteiger partial charge in [0.05, 0.1) is 21.8 Å². The Morgan fingerprint density at radius 3 is 2.43 bits per heavy atom. The van der Waals surface area contributed by atoms with Crippen LogP contribution in [0.2, 0.25) is 10.0 Å². The lowest BCUT2D eigenvalue weighted by molar-refractivity contribution is 0.0952. The first-order valence-corrected chi connectivity index (χ1v) is 10.4. The molecule has 0 aliphatic heterocycles. The molecule has 30 heavy (non-hydrogen) atoms. The van der Waals surface area contributed by atoms with E-state index in [4.69, 9.17) is 28.2 Å². The number of aromatic nitrogens is 1. The van der Waals surface area contributed by atoms with Crippen molar-refractivity contribution in [2.45, 2.75) is 20.4 Å². The van der Waals surface area contributed by atoms with Crippen LogP contribution in [0.25, 0.3) is 22.2 Å². The van der Waals surface area contributed by atoms with Crippen molar-refractivity contribution in [2.24, 2.45) is 0 Å². The molecule has 150 valence electrons. The fourth-order valence-corrected chi connectivity index (χ4v) is 4.02. The molecule has 0 saturated carbocycles. The van der Waals surface area contributed by atoms with Crippen molar-refractivity contribution in [3.63, 3.8) is 0 Å². The highest BCUT2D eigenvalue weighted by atomic mass is 35.5. The van der Waals surface area contributed by atoms with Gasteiger partial charge in [-0.1, -0.05) is 71.2 Å². The second-order valence-corrected chi connectivity index (χ2v) is 8.11. The first kappa shape index (κ1) is 20.4. The maximum Gasteiger partial charge on any atom is 0.252 e. The molecule has 0 spiro atoms. The lowest BCUT2D eigenvalue weighted by Crippen LogP contribution is -2.24. The van der Waals surface area contributed by atoms with E-state index in [1.165, 1.54) is 5.56 Å². The number of benzene rings is 3. The molecule has 5 heteroatoms. The Morgan fingerprint density at radius 1 is 0.967 bits per heavy atom. The highest BCUT2D eigenvalue weighted by Crippen LogP contribution is 2.34. The van der Waals surface area contributed by atoms with E-state index in [0.29, 0.717) is 27.8 Å². The first-order valence-electron chi connectivity index (χ1n) is 9.62. The van der Waals surface area contributed by atoms with E-state index >= 15 is 0 Å². The number of fused-ring (bicyclic) bond motifs is 1. The lowest BCUT2D eigenvalue weighted by Gasteiger charge is -2.16. The predicted molar refractivity (Wildman–Crippen MR) is 124 cm³/mol. The van der Waals surface area contributed by atoms with Crippen LogP contribution in [0.4, 0.5) is 0 Å². The molecule has 1 N–H and O–H groups in total. The second kappa shape index (κ2) is 8.47. The molecule has 0 unspecified atom stereocenters. The van der Waals surface area contributed by atoms with Crippen molar-refractivity contribution < 1.29 is 4.79 Å². The molecule has 0 aliphatic carbocycles. The Balaban J connectivity index is 1.78. The Morgan fingerprint density at radius 2 is 1.70 bits per heavy atom. The van der Waals surface area contributed by atoms with Crippen molar-refractivity contribution in [3.8, 4) is 11.3 Å². The fraction of sp³-hybridized carbons (Fsp3) is 0.120. The van der Waals surface area contributed by atoms with Crippen molar-refractivity contribution in [3.05, 3.63) is 99.0 Å². The van der Waals surface area contributed by atoms with E-state index < -0.39 is 0 Å². The van der Waals surface area contributed by atoms with Gasteiger partial charge in [-0.2, -0.15) is 0 Å². The average Bonchev–Trinajstić information content (AvgIpc) is 2.73. The third-order valence-electron chi connectivity index (χ3n) is 5.12. The van der Waals surface area contributed by atoms with Gasteiger partial charge in [0, 0.05) is 22.5 Å². The van der Waals surface area contributed by atoms with Crippen LogP contribution < -0.4 is 5.32 Å². The minimum Gasteiger partial charge on any atom is -0.348 e. The number of hydrogen-bond donors (Lipinski definition) is 1. The number of halogens is 2. The number of carbonyl (C=O) groups is 1. The fourth-order valence-electron chi connectivity index (χ4n) is 3.52. The molecule has 1 amide bonds. The van der Waals surface area contributed by atoms with Gasteiger partial charge in [0.15, 0.2) is 0 Å². The van der Waals surface area contributed by atoms with Gasteiger partial charge in [-0.3, -0.25) is 4.79 Å². The molecule has 0 saturated heterocycles. The summed E-state index contributed by atoms with van der Waals surface area (Å²) in [6.45, 7) is 4.39. The monoisotopic (exact) mass is 434 g/mol. The number of hydrogen-bond acceptors (Lipinski definition) is 2. The van der Waals surface area contributed by atoms with Gasteiger partial charge in [-0.05, 0) is 49.2 Å². The van der Waals surface area contributed by atoms with Gasteiger partial charge in [-0.25, -0.2) is 4.98 Å². The van der Waals surface area contributed by atoms with E-state index in [2.05, 4.69) is 5.32 Å². The van der Waals surface area contributed by atoms with E-state index in [0.717, 1.165) is 27.6 Å². The maximum absolute atomic E-state index is 13.2. The van der Waals surface area contributed by atoms with Crippen LogP contribution >= 0.6 is 23.2 Å². The van der Waals surface area contributed by atoms with Crippen LogP contribution in [0.5, 0.6) is 0 Å². The number of para-hydroxylation sites is 1. The van der Waals surface area contributed by atoms with Crippen LogP contribution in [-0.4, -0.2) is 10.9 Å². The van der Waals surface area contributed by atoms with Gasteiger partial charge >= 0.3 is 0 Å². The minimum atomic E-state index is -0.141. The van der Waals surface area contributed by atoms with Crippen LogP contribution in [0.15, 0.2) is 66.7 Å². The number of nitrogens with one attached hydrogen (secondary N) is 1. The van der Waals surface area contributed by atoms with Gasteiger partial charge < -0.3 is 5.32 Å². The normalized spacial score (nSPS) is 10.9. The molecule has 0 bridgehead atoms. The summed E-state index contributed by atoms with van der Waals surface area (Å²) in [7, 11) is 0. The molecule has 0 atom stereocenters. The highest BCUT2D eigenvalue weighted by molar-refractivity contribution is 6.36. The van der Waals surface area contributed by atoms with E-state index in [1.807, 2.05) is 68.4 Å². The number of nitrogens with zero attached hydrogens (tertiary/aromatic N) is 1. The molecular formula is C25H20Cl2N2O. The molecule has 3 nitrogen and oxygen atoms in total. The number of rotatable bonds is 4. The molecule has 1 heterocycles. The minimum absolute atomic E-state index is 0.141. The molecule has 0 fully saturated rings. The van der Waals surface area contributed by atoms with Gasteiger partial charge in [0.1, 0.15) is 0 Å². The number of aryl methyl sites for hydroxylation is 1. The van der Waals surface area contributed by atoms with Crippen molar-refractivity contribution in [1.29, 1.82) is 0 Å². The van der Waals surface area contributed by atoms with E-state index in [9.17, 15) is 4.79 Å². The summed E-state index contributed by atoms with van der Waals surface area (Å²) < 4.78 is 0. The molecule has 0 radical (unpaired) electrons.